The Balaban J connectivity index is 0.000000451. The Labute approximate surface area is 183 Å². The molecule has 2 rings (SSSR count). The summed E-state index contributed by atoms with van der Waals surface area (Å²) in [5.41, 5.74) is 2.08. The summed E-state index contributed by atoms with van der Waals surface area (Å²) in [7, 11) is -0.234. The number of Topliss-reactive ketones (excluding diaryl/α,β-unsaturated/α-hetero) is 1. The highest BCUT2D eigenvalue weighted by Crippen LogP contribution is 2.33. The van der Waals surface area contributed by atoms with Gasteiger partial charge in [0.25, 0.3) is 0 Å². The fourth-order valence-corrected chi connectivity index (χ4v) is 2.86. The van der Waals surface area contributed by atoms with Gasteiger partial charge in [0.15, 0.2) is 0 Å². The summed E-state index contributed by atoms with van der Waals surface area (Å²) >= 11 is 0. The normalized spacial score (nSPS) is 11.3. The molecule has 0 amide bonds. The van der Waals surface area contributed by atoms with Crippen molar-refractivity contribution in [2.24, 2.45) is 5.41 Å². The monoisotopic (exact) mass is 428 g/mol. The third-order valence-electron chi connectivity index (χ3n) is 4.71. The maximum atomic E-state index is 11.3. The molecule has 2 aromatic carbocycles. The van der Waals surface area contributed by atoms with Crippen LogP contribution in [-0.2, 0) is 9.22 Å². The average molecular weight is 429 g/mol. The van der Waals surface area contributed by atoms with Gasteiger partial charge < -0.3 is 9.53 Å². The van der Waals surface area contributed by atoms with Crippen LogP contribution in [0.1, 0.15) is 63.6 Å². The van der Waals surface area contributed by atoms with Crippen LogP contribution in [0.25, 0.3) is 0 Å². The van der Waals surface area contributed by atoms with Gasteiger partial charge in [-0.1, -0.05) is 74.5 Å². The van der Waals surface area contributed by atoms with Crippen molar-refractivity contribution < 1.29 is 19.1 Å². The molecule has 0 saturated heterocycles. The maximum absolute atomic E-state index is 11.3. The highest BCUT2D eigenvalue weighted by Gasteiger charge is 2.33. The predicted molar refractivity (Wildman–Crippen MR) is 127 cm³/mol. The van der Waals surface area contributed by atoms with E-state index in [0.29, 0.717) is 0 Å². The molecule has 5 heteroatoms. The lowest BCUT2D eigenvalue weighted by Crippen LogP contribution is -2.29. The zero-order chi connectivity index (χ0) is 23.2. The number of rotatable bonds is 6. The number of hydrogen-bond acceptors (Lipinski definition) is 4. The smallest absolute Gasteiger partial charge is 0.216 e. The quantitative estimate of drug-likeness (QED) is 0.386. The number of hydrogen-bond donors (Lipinski definition) is 1. The number of allylic oxidation sites excluding steroid dienone is 2. The van der Waals surface area contributed by atoms with E-state index in [4.69, 9.17) is 4.43 Å². The molecule has 2 aromatic rings. The van der Waals surface area contributed by atoms with E-state index < -0.39 is 11.5 Å². The number of aliphatic hydroxyl groups is 1. The van der Waals surface area contributed by atoms with Crippen molar-refractivity contribution >= 4 is 21.8 Å². The lowest BCUT2D eigenvalue weighted by atomic mass is 9.79. The number of aliphatic hydroxyl groups excluding tert-OH is 1. The van der Waals surface area contributed by atoms with E-state index in [9.17, 15) is 14.7 Å². The average Bonchev–Trinajstić information content (AvgIpc) is 2.75. The molecule has 0 aliphatic carbocycles. The van der Waals surface area contributed by atoms with Crippen LogP contribution in [0.5, 0.6) is 0 Å². The Morgan fingerprint density at radius 3 is 1.73 bits per heavy atom. The highest BCUT2D eigenvalue weighted by molar-refractivity contribution is 6.25. The summed E-state index contributed by atoms with van der Waals surface area (Å²) in [5.74, 6) is 1.10. The second kappa shape index (κ2) is 14.5. The molecule has 164 valence electrons. The second-order valence-electron chi connectivity index (χ2n) is 7.61. The first kappa shape index (κ1) is 27.5. The summed E-state index contributed by atoms with van der Waals surface area (Å²) in [6, 6.07) is 18.4. The molecule has 1 N–H and O–H groups in total. The van der Waals surface area contributed by atoms with Crippen molar-refractivity contribution in [2.75, 3.05) is 0 Å². The molecule has 0 heterocycles. The number of ketones is 1. The lowest BCUT2D eigenvalue weighted by Gasteiger charge is -2.27. The minimum absolute atomic E-state index is 0.00569. The SMILES string of the molecule is CC(=O)C(C)(C)C(O)c1ccccc1.C[SiH2]OC(C)=C(C)C.O=Cc1ccccc1. The highest BCUT2D eigenvalue weighted by atomic mass is 28.2. The van der Waals surface area contributed by atoms with Crippen LogP contribution >= 0.6 is 0 Å². The Kier molecular flexibility index (Phi) is 13.3. The summed E-state index contributed by atoms with van der Waals surface area (Å²) < 4.78 is 5.32. The first-order valence-electron chi connectivity index (χ1n) is 10.1. The van der Waals surface area contributed by atoms with Crippen molar-refractivity contribution in [2.45, 2.75) is 54.2 Å². The summed E-state index contributed by atoms with van der Waals surface area (Å²) in [4.78, 5) is 21.3. The number of carbonyl (C=O) groups excluding carboxylic acids is 2. The van der Waals surface area contributed by atoms with Gasteiger partial charge >= 0.3 is 0 Å². The minimum Gasteiger partial charge on any atom is -0.553 e. The van der Waals surface area contributed by atoms with Gasteiger partial charge in [-0.2, -0.15) is 0 Å². The van der Waals surface area contributed by atoms with Gasteiger partial charge in [0.1, 0.15) is 12.1 Å². The molecule has 1 unspecified atom stereocenters. The van der Waals surface area contributed by atoms with Crippen LogP contribution < -0.4 is 0 Å². The van der Waals surface area contributed by atoms with Gasteiger partial charge in [-0.3, -0.25) is 9.59 Å². The molecule has 1 atom stereocenters. The van der Waals surface area contributed by atoms with Crippen LogP contribution in [0.2, 0.25) is 6.55 Å². The molecule has 0 aliphatic rings. The van der Waals surface area contributed by atoms with Crippen molar-refractivity contribution in [3.8, 4) is 0 Å². The summed E-state index contributed by atoms with van der Waals surface area (Å²) in [5, 5.41) is 10.00. The number of carbonyl (C=O) groups is 2. The Bertz CT molecular complexity index is 779. The van der Waals surface area contributed by atoms with Crippen molar-refractivity contribution in [3.05, 3.63) is 83.1 Å². The molecule has 30 heavy (non-hydrogen) atoms. The molecule has 0 saturated carbocycles. The van der Waals surface area contributed by atoms with E-state index in [1.165, 1.54) is 12.5 Å². The third-order valence-corrected chi connectivity index (χ3v) is 5.43. The Morgan fingerprint density at radius 2 is 1.43 bits per heavy atom. The molecule has 0 fully saturated rings. The van der Waals surface area contributed by atoms with Crippen molar-refractivity contribution in [1.29, 1.82) is 0 Å². The molecule has 4 nitrogen and oxygen atoms in total. The fourth-order valence-electron chi connectivity index (χ4n) is 2.14. The van der Waals surface area contributed by atoms with E-state index >= 15 is 0 Å². The maximum Gasteiger partial charge on any atom is 0.216 e. The van der Waals surface area contributed by atoms with Gasteiger partial charge in [-0.25, -0.2) is 0 Å². The first-order chi connectivity index (χ1) is 14.1. The van der Waals surface area contributed by atoms with Crippen molar-refractivity contribution in [1.82, 2.24) is 0 Å². The molecule has 0 bridgehead atoms. The summed E-state index contributed by atoms with van der Waals surface area (Å²) in [6.07, 6.45) is 0.0983. The number of aldehydes is 1. The van der Waals surface area contributed by atoms with Crippen LogP contribution in [0.4, 0.5) is 0 Å². The van der Waals surface area contributed by atoms with Gasteiger partial charge in [-0.05, 0) is 45.4 Å². The van der Waals surface area contributed by atoms with E-state index in [-0.39, 0.29) is 15.5 Å². The van der Waals surface area contributed by atoms with Gasteiger partial charge in [0.05, 0.1) is 17.3 Å². The van der Waals surface area contributed by atoms with Crippen LogP contribution in [0.15, 0.2) is 72.0 Å². The lowest BCUT2D eigenvalue weighted by molar-refractivity contribution is -0.131. The fraction of sp³-hybridized carbons (Fsp3) is 0.360. The standard InChI is InChI=1S/C12H16O2.C7H6O.C6H14OSi/c1-9(13)12(2,3)11(14)10-7-5-4-6-8-10;8-6-7-4-2-1-3-5-7;1-5(2)6(3)7-8-4/h4-8,11,14H,1-3H3;1-6H;8H2,1-4H3. The van der Waals surface area contributed by atoms with E-state index in [0.717, 1.165) is 23.2 Å². The molecular formula is C25H36O4Si. The van der Waals surface area contributed by atoms with Crippen LogP contribution in [0.3, 0.4) is 0 Å². The first-order valence-corrected chi connectivity index (χ1v) is 12.1. The van der Waals surface area contributed by atoms with E-state index in [1.807, 2.05) is 55.5 Å². The van der Waals surface area contributed by atoms with Crippen LogP contribution in [0, 0.1) is 5.41 Å². The number of benzene rings is 2. The van der Waals surface area contributed by atoms with Crippen LogP contribution in [-0.4, -0.2) is 26.9 Å². The van der Waals surface area contributed by atoms with E-state index in [2.05, 4.69) is 20.4 Å². The van der Waals surface area contributed by atoms with Crippen molar-refractivity contribution in [3.63, 3.8) is 0 Å². The van der Waals surface area contributed by atoms with E-state index in [1.54, 1.807) is 26.0 Å². The largest absolute Gasteiger partial charge is 0.553 e. The minimum atomic E-state index is -0.735. The summed E-state index contributed by atoms with van der Waals surface area (Å²) in [6.45, 7) is 13.3. The molecule has 0 aromatic heterocycles. The Morgan fingerprint density at radius 1 is 0.967 bits per heavy atom. The second-order valence-corrected chi connectivity index (χ2v) is 8.47. The molecule has 0 radical (unpaired) electrons. The zero-order valence-corrected chi connectivity index (χ0v) is 20.7. The molecule has 0 aliphatic heterocycles. The Hall–Kier alpha value is -2.50. The molecule has 0 spiro atoms. The molecular weight excluding hydrogens is 392 g/mol. The topological polar surface area (TPSA) is 63.6 Å². The predicted octanol–water partition coefficient (Wildman–Crippen LogP) is 5.28. The third kappa shape index (κ3) is 10.3. The van der Waals surface area contributed by atoms with Gasteiger partial charge in [-0.15, -0.1) is 0 Å². The zero-order valence-electron chi connectivity index (χ0n) is 19.3. The van der Waals surface area contributed by atoms with Gasteiger partial charge in [0.2, 0.25) is 9.76 Å². The van der Waals surface area contributed by atoms with Gasteiger partial charge in [0, 0.05) is 5.56 Å².